The summed E-state index contributed by atoms with van der Waals surface area (Å²) in [5.41, 5.74) is 7.25. The van der Waals surface area contributed by atoms with Crippen molar-refractivity contribution in [2.45, 2.75) is 32.5 Å². The smallest absolute Gasteiger partial charge is 0.475 e. The number of nitrogens with zero attached hydrogens (tertiary/aromatic N) is 2. The molecule has 2 aromatic rings. The summed E-state index contributed by atoms with van der Waals surface area (Å²) < 4.78 is 44.7. The van der Waals surface area contributed by atoms with E-state index in [1.165, 1.54) is 23.5 Å². The molecule has 1 saturated heterocycles. The highest BCUT2D eigenvalue weighted by molar-refractivity contribution is 7.11. The highest BCUT2D eigenvalue weighted by Gasteiger charge is 2.38. The van der Waals surface area contributed by atoms with Gasteiger partial charge in [0.15, 0.2) is 0 Å². The summed E-state index contributed by atoms with van der Waals surface area (Å²) >= 11 is 1.49. The Morgan fingerprint density at radius 2 is 1.90 bits per heavy atom. The molecule has 1 aromatic heterocycles. The molecule has 3 N–H and O–H groups in total. The van der Waals surface area contributed by atoms with Crippen molar-refractivity contribution in [1.29, 1.82) is 0 Å². The van der Waals surface area contributed by atoms with Crippen LogP contribution in [-0.4, -0.2) is 46.1 Å². The van der Waals surface area contributed by atoms with Gasteiger partial charge in [-0.2, -0.15) is 13.2 Å². The van der Waals surface area contributed by atoms with Gasteiger partial charge in [-0.3, -0.25) is 4.79 Å². The van der Waals surface area contributed by atoms with Crippen molar-refractivity contribution < 1.29 is 32.3 Å². The van der Waals surface area contributed by atoms with E-state index in [4.69, 9.17) is 15.6 Å². The number of benzene rings is 1. The SMILES string of the molecule is Cc1sc(CN)nc1C(=O)N1CCC(Cc2ccc(F)cc2)C1.O=C(O)C(F)(F)F. The van der Waals surface area contributed by atoms with Crippen molar-refractivity contribution in [1.82, 2.24) is 9.88 Å². The van der Waals surface area contributed by atoms with Gasteiger partial charge in [-0.1, -0.05) is 12.1 Å². The molecule has 30 heavy (non-hydrogen) atoms. The number of likely N-dealkylation sites (tertiary alicyclic amines) is 1. The lowest BCUT2D eigenvalue weighted by Crippen LogP contribution is -2.29. The second-order valence-electron chi connectivity index (χ2n) is 6.76. The van der Waals surface area contributed by atoms with Crippen LogP contribution >= 0.6 is 11.3 Å². The molecule has 1 unspecified atom stereocenters. The summed E-state index contributed by atoms with van der Waals surface area (Å²) in [5, 5.41) is 7.92. The molecule has 1 aliphatic heterocycles. The predicted molar refractivity (Wildman–Crippen MR) is 103 cm³/mol. The Morgan fingerprint density at radius 1 is 1.30 bits per heavy atom. The van der Waals surface area contributed by atoms with Crippen molar-refractivity contribution in [3.05, 3.63) is 51.2 Å². The summed E-state index contributed by atoms with van der Waals surface area (Å²) in [6, 6.07) is 6.61. The molecule has 11 heteroatoms. The molecule has 1 aromatic carbocycles. The monoisotopic (exact) mass is 447 g/mol. The quantitative estimate of drug-likeness (QED) is 0.701. The van der Waals surface area contributed by atoms with Crippen LogP contribution in [-0.2, 0) is 17.8 Å². The molecule has 1 aliphatic rings. The summed E-state index contributed by atoms with van der Waals surface area (Å²) in [4.78, 5) is 28.7. The number of carbonyl (C=O) groups is 2. The summed E-state index contributed by atoms with van der Waals surface area (Å²) in [6.07, 6.45) is -3.25. The molecule has 1 atom stereocenters. The Bertz CT molecular complexity index is 884. The number of carboxylic acid groups (broad SMARTS) is 1. The van der Waals surface area contributed by atoms with Gasteiger partial charge in [0.2, 0.25) is 0 Å². The summed E-state index contributed by atoms with van der Waals surface area (Å²) in [7, 11) is 0. The second kappa shape index (κ2) is 9.98. The highest BCUT2D eigenvalue weighted by Crippen LogP contribution is 2.25. The zero-order valence-corrected chi connectivity index (χ0v) is 16.9. The first-order chi connectivity index (χ1) is 14.0. The van der Waals surface area contributed by atoms with Crippen LogP contribution in [0.5, 0.6) is 0 Å². The van der Waals surface area contributed by atoms with E-state index in [1.54, 1.807) is 0 Å². The fraction of sp³-hybridized carbons (Fsp3) is 0.421. The van der Waals surface area contributed by atoms with Gasteiger partial charge in [-0.05, 0) is 43.4 Å². The molecule has 1 amide bonds. The minimum Gasteiger partial charge on any atom is -0.475 e. The van der Waals surface area contributed by atoms with Crippen LogP contribution in [0.1, 0.15) is 32.4 Å². The number of nitrogens with two attached hydrogens (primary N) is 1. The number of carboxylic acids is 1. The molecule has 3 rings (SSSR count). The lowest BCUT2D eigenvalue weighted by Gasteiger charge is -2.16. The van der Waals surface area contributed by atoms with Gasteiger partial charge in [0.1, 0.15) is 16.5 Å². The zero-order valence-electron chi connectivity index (χ0n) is 16.1. The topological polar surface area (TPSA) is 96.5 Å². The van der Waals surface area contributed by atoms with E-state index in [1.807, 2.05) is 24.0 Å². The number of hydrogen-bond acceptors (Lipinski definition) is 5. The van der Waals surface area contributed by atoms with Gasteiger partial charge in [0.05, 0.1) is 0 Å². The van der Waals surface area contributed by atoms with E-state index in [-0.39, 0.29) is 11.7 Å². The van der Waals surface area contributed by atoms with Crippen LogP contribution in [0.15, 0.2) is 24.3 Å². The molecule has 6 nitrogen and oxygen atoms in total. The van der Waals surface area contributed by atoms with E-state index in [2.05, 4.69) is 4.98 Å². The maximum absolute atomic E-state index is 13.0. The predicted octanol–water partition coefficient (Wildman–Crippen LogP) is 3.39. The van der Waals surface area contributed by atoms with Crippen LogP contribution in [0, 0.1) is 18.7 Å². The normalized spacial score (nSPS) is 16.2. The molecule has 0 bridgehead atoms. The minimum absolute atomic E-state index is 0.0000520. The zero-order chi connectivity index (χ0) is 22.5. The van der Waals surface area contributed by atoms with Crippen LogP contribution in [0.2, 0.25) is 0 Å². The van der Waals surface area contributed by atoms with Crippen LogP contribution in [0.3, 0.4) is 0 Å². The van der Waals surface area contributed by atoms with Crippen LogP contribution in [0.25, 0.3) is 0 Å². The van der Waals surface area contributed by atoms with Crippen molar-refractivity contribution in [3.8, 4) is 0 Å². The van der Waals surface area contributed by atoms with Crippen LogP contribution in [0.4, 0.5) is 17.6 Å². The number of aromatic nitrogens is 1. The molecule has 0 aliphatic carbocycles. The van der Waals surface area contributed by atoms with E-state index < -0.39 is 12.1 Å². The average molecular weight is 447 g/mol. The Kier molecular flexibility index (Phi) is 7.90. The molecule has 2 heterocycles. The van der Waals surface area contributed by atoms with Gasteiger partial charge in [0, 0.05) is 24.5 Å². The van der Waals surface area contributed by atoms with Crippen molar-refractivity contribution in [3.63, 3.8) is 0 Å². The molecule has 0 saturated carbocycles. The van der Waals surface area contributed by atoms with E-state index >= 15 is 0 Å². The lowest BCUT2D eigenvalue weighted by molar-refractivity contribution is -0.192. The fourth-order valence-corrected chi connectivity index (χ4v) is 3.83. The number of amides is 1. The largest absolute Gasteiger partial charge is 0.490 e. The highest BCUT2D eigenvalue weighted by atomic mass is 32.1. The molecule has 0 spiro atoms. The van der Waals surface area contributed by atoms with Crippen molar-refractivity contribution in [2.24, 2.45) is 11.7 Å². The van der Waals surface area contributed by atoms with Gasteiger partial charge < -0.3 is 15.7 Å². The van der Waals surface area contributed by atoms with Crippen LogP contribution < -0.4 is 5.73 Å². The molecule has 164 valence electrons. The fourth-order valence-electron chi connectivity index (χ4n) is 3.02. The molecule has 1 fully saturated rings. The van der Waals surface area contributed by atoms with Crippen molar-refractivity contribution in [2.75, 3.05) is 13.1 Å². The van der Waals surface area contributed by atoms with Gasteiger partial charge in [-0.15, -0.1) is 11.3 Å². The second-order valence-corrected chi connectivity index (χ2v) is 8.04. The standard InChI is InChI=1S/C17H20FN3OS.C2HF3O2/c1-11-16(20-15(9-19)23-11)17(22)21-7-6-13(10-21)8-12-2-4-14(18)5-3-12;3-2(4,5)1(6)7/h2-5,13H,6-10,19H2,1H3;(H,6,7). The number of hydrogen-bond donors (Lipinski definition) is 2. The van der Waals surface area contributed by atoms with Gasteiger partial charge in [0.25, 0.3) is 5.91 Å². The van der Waals surface area contributed by atoms with E-state index in [0.717, 1.165) is 41.4 Å². The summed E-state index contributed by atoms with van der Waals surface area (Å²) in [6.45, 7) is 3.76. The molecular formula is C19H21F4N3O3S. The van der Waals surface area contributed by atoms with Crippen molar-refractivity contribution >= 4 is 23.2 Å². The van der Waals surface area contributed by atoms with Gasteiger partial charge >= 0.3 is 12.1 Å². The van der Waals surface area contributed by atoms with E-state index in [0.29, 0.717) is 18.2 Å². The number of carbonyl (C=O) groups excluding carboxylic acids is 1. The summed E-state index contributed by atoms with van der Waals surface area (Å²) in [5.74, 6) is -2.56. The first-order valence-electron chi connectivity index (χ1n) is 9.01. The Balaban J connectivity index is 0.000000396. The minimum atomic E-state index is -5.08. The third-order valence-electron chi connectivity index (χ3n) is 4.47. The number of halogens is 4. The first-order valence-corrected chi connectivity index (χ1v) is 9.83. The maximum atomic E-state index is 13.0. The molecule has 0 radical (unpaired) electrons. The number of aliphatic carboxylic acids is 1. The number of thiazole rings is 1. The Hall–Kier alpha value is -2.53. The molecular weight excluding hydrogens is 426 g/mol. The lowest BCUT2D eigenvalue weighted by atomic mass is 9.99. The first kappa shape index (κ1) is 23.7. The van der Waals surface area contributed by atoms with Gasteiger partial charge in [-0.25, -0.2) is 14.2 Å². The number of alkyl halides is 3. The number of rotatable bonds is 4. The van der Waals surface area contributed by atoms with E-state index in [9.17, 15) is 22.4 Å². The Morgan fingerprint density at radius 3 is 2.40 bits per heavy atom. The number of aryl methyl sites for hydroxylation is 1. The average Bonchev–Trinajstić information content (AvgIpc) is 3.29. The third-order valence-corrected chi connectivity index (χ3v) is 5.46. The third kappa shape index (κ3) is 6.49. The maximum Gasteiger partial charge on any atom is 0.490 e. The Labute approximate surface area is 174 Å².